The molecule has 1 aromatic heterocycles. The van der Waals surface area contributed by atoms with Gasteiger partial charge in [-0.25, -0.2) is 0 Å². The summed E-state index contributed by atoms with van der Waals surface area (Å²) in [7, 11) is 0. The number of halogens is 3. The smallest absolute Gasteiger partial charge is 0.298 e. The molecule has 0 radical (unpaired) electrons. The lowest BCUT2D eigenvalue weighted by molar-refractivity contribution is -0.137. The zero-order valence-corrected chi connectivity index (χ0v) is 10.0. The van der Waals surface area contributed by atoms with Crippen LogP contribution in [-0.4, -0.2) is 11.3 Å². The second kappa shape index (κ2) is 4.84. The first-order valence-electron chi connectivity index (χ1n) is 5.51. The highest BCUT2D eigenvalue weighted by Gasteiger charge is 2.31. The van der Waals surface area contributed by atoms with Gasteiger partial charge in [-0.15, -0.1) is 0 Å². The highest BCUT2D eigenvalue weighted by atomic mass is 19.4. The highest BCUT2D eigenvalue weighted by molar-refractivity contribution is 5.86. The molecule has 0 fully saturated rings. The van der Waals surface area contributed by atoms with E-state index in [4.69, 9.17) is 0 Å². The molecule has 0 aliphatic heterocycles. The van der Waals surface area contributed by atoms with Crippen LogP contribution in [0.1, 0.15) is 21.5 Å². The molecule has 1 aromatic carbocycles. The third-order valence-electron chi connectivity index (χ3n) is 2.66. The number of rotatable bonds is 2. The van der Waals surface area contributed by atoms with Gasteiger partial charge in [0.05, 0.1) is 11.3 Å². The van der Waals surface area contributed by atoms with Crippen LogP contribution in [0.2, 0.25) is 0 Å². The van der Waals surface area contributed by atoms with Crippen molar-refractivity contribution in [3.63, 3.8) is 0 Å². The van der Waals surface area contributed by atoms with E-state index < -0.39 is 11.7 Å². The van der Waals surface area contributed by atoms with Gasteiger partial charge >= 0.3 is 6.18 Å². The van der Waals surface area contributed by atoms with Crippen LogP contribution in [0, 0.1) is 6.92 Å². The number of benzene rings is 1. The zero-order valence-electron chi connectivity index (χ0n) is 10.0. The van der Waals surface area contributed by atoms with Gasteiger partial charge in [-0.3, -0.25) is 9.78 Å². The summed E-state index contributed by atoms with van der Waals surface area (Å²) in [6, 6.07) is 7.91. The molecule has 19 heavy (non-hydrogen) atoms. The third kappa shape index (κ3) is 2.81. The maximum absolute atomic E-state index is 12.5. The minimum atomic E-state index is -4.50. The molecule has 0 atom stereocenters. The Balaban J connectivity index is 2.56. The number of carbonyl (C=O) groups is 1. The third-order valence-corrected chi connectivity index (χ3v) is 2.66. The lowest BCUT2D eigenvalue weighted by atomic mass is 10.0. The minimum absolute atomic E-state index is 0.0691. The van der Waals surface area contributed by atoms with Gasteiger partial charge in [0.2, 0.25) is 0 Å². The van der Waals surface area contributed by atoms with Crippen LogP contribution >= 0.6 is 0 Å². The van der Waals surface area contributed by atoms with Crippen LogP contribution < -0.4 is 0 Å². The second-order valence-corrected chi connectivity index (χ2v) is 4.15. The SMILES string of the molecule is Cc1cccc(-c2ncc(C(F)(F)F)cc2C=O)c1. The molecule has 98 valence electrons. The maximum Gasteiger partial charge on any atom is 0.417 e. The number of aryl methyl sites for hydroxylation is 1. The van der Waals surface area contributed by atoms with Crippen molar-refractivity contribution in [1.29, 1.82) is 0 Å². The van der Waals surface area contributed by atoms with Gasteiger partial charge < -0.3 is 0 Å². The minimum Gasteiger partial charge on any atom is -0.298 e. The molecule has 2 aromatic rings. The molecule has 0 bridgehead atoms. The number of carbonyl (C=O) groups excluding carboxylic acids is 1. The largest absolute Gasteiger partial charge is 0.417 e. The number of pyridine rings is 1. The lowest BCUT2D eigenvalue weighted by Gasteiger charge is -2.10. The number of aromatic nitrogens is 1. The molecule has 0 saturated carbocycles. The Morgan fingerprint density at radius 3 is 2.53 bits per heavy atom. The van der Waals surface area contributed by atoms with Crippen molar-refractivity contribution >= 4 is 6.29 Å². The van der Waals surface area contributed by atoms with Gasteiger partial charge in [0.25, 0.3) is 0 Å². The van der Waals surface area contributed by atoms with E-state index in [1.807, 2.05) is 13.0 Å². The van der Waals surface area contributed by atoms with E-state index >= 15 is 0 Å². The van der Waals surface area contributed by atoms with E-state index in [1.165, 1.54) is 0 Å². The first-order valence-corrected chi connectivity index (χ1v) is 5.51. The number of hydrogen-bond donors (Lipinski definition) is 0. The van der Waals surface area contributed by atoms with E-state index in [0.717, 1.165) is 17.8 Å². The van der Waals surface area contributed by atoms with Gasteiger partial charge in [0.15, 0.2) is 6.29 Å². The Labute approximate surface area is 107 Å². The highest BCUT2D eigenvalue weighted by Crippen LogP contribution is 2.31. The fraction of sp³-hybridized carbons (Fsp3) is 0.143. The van der Waals surface area contributed by atoms with Crippen molar-refractivity contribution in [3.05, 3.63) is 53.2 Å². The van der Waals surface area contributed by atoms with Crippen LogP contribution in [0.4, 0.5) is 13.2 Å². The topological polar surface area (TPSA) is 30.0 Å². The quantitative estimate of drug-likeness (QED) is 0.771. The van der Waals surface area contributed by atoms with Gasteiger partial charge in [-0.1, -0.05) is 23.8 Å². The normalized spacial score (nSPS) is 11.4. The Morgan fingerprint density at radius 1 is 1.21 bits per heavy atom. The molecule has 0 aliphatic carbocycles. The average Bonchev–Trinajstić information content (AvgIpc) is 2.37. The Hall–Kier alpha value is -2.17. The van der Waals surface area contributed by atoms with E-state index in [2.05, 4.69) is 4.98 Å². The number of alkyl halides is 3. The predicted octanol–water partition coefficient (Wildman–Crippen LogP) is 3.89. The Morgan fingerprint density at radius 2 is 1.95 bits per heavy atom. The number of nitrogens with zero attached hydrogens (tertiary/aromatic N) is 1. The van der Waals surface area contributed by atoms with Crippen LogP contribution in [-0.2, 0) is 6.18 Å². The number of hydrogen-bond acceptors (Lipinski definition) is 2. The molecule has 2 nitrogen and oxygen atoms in total. The fourth-order valence-corrected chi connectivity index (χ4v) is 1.76. The van der Waals surface area contributed by atoms with Gasteiger partial charge in [0, 0.05) is 17.3 Å². The molecule has 0 spiro atoms. The first kappa shape index (κ1) is 13.3. The summed E-state index contributed by atoms with van der Waals surface area (Å²) in [4.78, 5) is 14.7. The monoisotopic (exact) mass is 265 g/mol. The van der Waals surface area contributed by atoms with Gasteiger partial charge in [0.1, 0.15) is 0 Å². The van der Waals surface area contributed by atoms with E-state index in [-0.39, 0.29) is 11.3 Å². The van der Waals surface area contributed by atoms with Crippen LogP contribution in [0.3, 0.4) is 0 Å². The Kier molecular flexibility index (Phi) is 3.38. The van der Waals surface area contributed by atoms with Crippen molar-refractivity contribution in [2.75, 3.05) is 0 Å². The summed E-state index contributed by atoms with van der Waals surface area (Å²) < 4.78 is 37.6. The molecular weight excluding hydrogens is 255 g/mol. The molecule has 1 heterocycles. The first-order chi connectivity index (χ1) is 8.91. The van der Waals surface area contributed by atoms with Crippen molar-refractivity contribution in [2.45, 2.75) is 13.1 Å². The number of aldehydes is 1. The van der Waals surface area contributed by atoms with Crippen LogP contribution in [0.5, 0.6) is 0 Å². The molecule has 0 saturated heterocycles. The summed E-state index contributed by atoms with van der Waals surface area (Å²) in [5.41, 5.74) is 0.824. The molecular formula is C14H10F3NO. The van der Waals surface area contributed by atoms with E-state index in [1.54, 1.807) is 18.2 Å². The van der Waals surface area contributed by atoms with Crippen molar-refractivity contribution in [1.82, 2.24) is 4.98 Å². The predicted molar refractivity (Wildman–Crippen MR) is 64.8 cm³/mol. The van der Waals surface area contributed by atoms with Crippen molar-refractivity contribution < 1.29 is 18.0 Å². The second-order valence-electron chi connectivity index (χ2n) is 4.15. The van der Waals surface area contributed by atoms with Gasteiger partial charge in [-0.05, 0) is 19.1 Å². The maximum atomic E-state index is 12.5. The average molecular weight is 265 g/mol. The summed E-state index contributed by atoms with van der Waals surface area (Å²) in [6.07, 6.45) is -3.37. The zero-order chi connectivity index (χ0) is 14.0. The molecule has 0 amide bonds. The lowest BCUT2D eigenvalue weighted by Crippen LogP contribution is -2.07. The summed E-state index contributed by atoms with van der Waals surface area (Å²) in [6.45, 7) is 1.86. The summed E-state index contributed by atoms with van der Waals surface area (Å²) in [5, 5.41) is 0. The van der Waals surface area contributed by atoms with Crippen LogP contribution in [0.25, 0.3) is 11.3 Å². The summed E-state index contributed by atoms with van der Waals surface area (Å²) >= 11 is 0. The Bertz CT molecular complexity index is 620. The van der Waals surface area contributed by atoms with Gasteiger partial charge in [-0.2, -0.15) is 13.2 Å². The molecule has 2 rings (SSSR count). The van der Waals surface area contributed by atoms with E-state index in [0.29, 0.717) is 11.8 Å². The van der Waals surface area contributed by atoms with Crippen molar-refractivity contribution in [2.24, 2.45) is 0 Å². The standard InChI is InChI=1S/C14H10F3NO/c1-9-3-2-4-10(5-9)13-11(8-19)6-12(7-18-13)14(15,16)17/h2-8H,1H3. The van der Waals surface area contributed by atoms with Crippen molar-refractivity contribution in [3.8, 4) is 11.3 Å². The molecule has 0 N–H and O–H groups in total. The summed E-state index contributed by atoms with van der Waals surface area (Å²) in [5.74, 6) is 0. The molecule has 0 aliphatic rings. The van der Waals surface area contributed by atoms with E-state index in [9.17, 15) is 18.0 Å². The molecule has 0 unspecified atom stereocenters. The fourth-order valence-electron chi connectivity index (χ4n) is 1.76. The molecule has 5 heteroatoms. The van der Waals surface area contributed by atoms with Crippen LogP contribution in [0.15, 0.2) is 36.5 Å².